The molecule has 2 rings (SSSR count). The van der Waals surface area contributed by atoms with E-state index in [1.54, 1.807) is 0 Å². The second-order valence-corrected chi connectivity index (χ2v) is 5.40. The number of hydrogen-bond donors (Lipinski definition) is 3. The third kappa shape index (κ3) is 5.43. The molecule has 1 aromatic heterocycles. The van der Waals surface area contributed by atoms with Crippen molar-refractivity contribution in [2.24, 2.45) is 0 Å². The fourth-order valence-corrected chi connectivity index (χ4v) is 2.55. The number of phosphoric ester groups is 1. The van der Waals surface area contributed by atoms with Gasteiger partial charge in [-0.25, -0.2) is 4.79 Å². The van der Waals surface area contributed by atoms with Crippen molar-refractivity contribution in [3.05, 3.63) is 22.7 Å². The molecule has 0 bridgehead atoms. The van der Waals surface area contributed by atoms with Gasteiger partial charge in [0.15, 0.2) is 6.23 Å². The summed E-state index contributed by atoms with van der Waals surface area (Å²) < 4.78 is 20.8. The van der Waals surface area contributed by atoms with Crippen LogP contribution in [0.3, 0.4) is 0 Å². The molecule has 11 nitrogen and oxygen atoms in total. The molecule has 0 saturated carbocycles. The molecule has 0 amide bonds. The topological polar surface area (TPSA) is 183 Å². The second-order valence-electron chi connectivity index (χ2n) is 4.30. The Kier molecular flexibility index (Phi) is 8.76. The van der Waals surface area contributed by atoms with Gasteiger partial charge in [0.2, 0.25) is 0 Å². The molecule has 1 aliphatic rings. The number of aliphatic hydroxyl groups excluding tert-OH is 2. The minimum absolute atomic E-state index is 0. The van der Waals surface area contributed by atoms with Crippen molar-refractivity contribution in [2.75, 3.05) is 12.3 Å². The van der Waals surface area contributed by atoms with Crippen LogP contribution in [0.5, 0.6) is 0 Å². The van der Waals surface area contributed by atoms with Gasteiger partial charge in [-0.2, -0.15) is 4.98 Å². The van der Waals surface area contributed by atoms with Gasteiger partial charge in [-0.3, -0.25) is 4.57 Å². The Bertz CT molecular complexity index is 625. The van der Waals surface area contributed by atoms with Crippen molar-refractivity contribution in [3.8, 4) is 0 Å². The van der Waals surface area contributed by atoms with Gasteiger partial charge in [0.25, 0.3) is 0 Å². The van der Waals surface area contributed by atoms with Crippen molar-refractivity contribution in [2.45, 2.75) is 24.5 Å². The fraction of sp³-hybridized carbons (Fsp3) is 0.556. The van der Waals surface area contributed by atoms with Crippen LogP contribution in [0.25, 0.3) is 0 Å². The van der Waals surface area contributed by atoms with E-state index in [0.717, 1.165) is 4.57 Å². The molecule has 4 atom stereocenters. The first-order chi connectivity index (χ1) is 9.73. The third-order valence-corrected chi connectivity index (χ3v) is 3.37. The number of rotatable bonds is 4. The maximum absolute atomic E-state index is 11.7. The van der Waals surface area contributed by atoms with E-state index in [0.29, 0.717) is 0 Å². The molecular formula is C9H12Li2N3O8P. The van der Waals surface area contributed by atoms with Gasteiger partial charge in [0, 0.05) is 6.20 Å². The first-order valence-corrected chi connectivity index (χ1v) is 7.18. The van der Waals surface area contributed by atoms with Crippen LogP contribution in [-0.4, -0.2) is 44.7 Å². The predicted molar refractivity (Wildman–Crippen MR) is 62.4 cm³/mol. The Hall–Kier alpha value is -0.135. The van der Waals surface area contributed by atoms with Crippen LogP contribution in [0, 0.1) is 0 Å². The molecule has 118 valence electrons. The maximum atomic E-state index is 11.7. The summed E-state index contributed by atoms with van der Waals surface area (Å²) in [6, 6.07) is 1.26. The molecule has 1 aromatic rings. The number of ether oxygens (including phenoxy) is 1. The normalized spacial score (nSPS) is 27.1. The molecule has 1 aliphatic heterocycles. The summed E-state index contributed by atoms with van der Waals surface area (Å²) in [5.41, 5.74) is 4.46. The van der Waals surface area contributed by atoms with Crippen molar-refractivity contribution < 1.29 is 71.5 Å². The van der Waals surface area contributed by atoms with Crippen LogP contribution in [-0.2, 0) is 13.8 Å². The number of nitrogens with zero attached hydrogens (tertiary/aromatic N) is 2. The van der Waals surface area contributed by atoms with Crippen LogP contribution >= 0.6 is 7.82 Å². The minimum atomic E-state index is -5.41. The molecule has 14 heteroatoms. The monoisotopic (exact) mass is 335 g/mol. The van der Waals surface area contributed by atoms with Gasteiger partial charge >= 0.3 is 43.4 Å². The van der Waals surface area contributed by atoms with Crippen molar-refractivity contribution >= 4 is 13.6 Å². The van der Waals surface area contributed by atoms with Gasteiger partial charge in [-0.05, 0) is 6.07 Å². The Morgan fingerprint density at radius 2 is 2.09 bits per heavy atom. The van der Waals surface area contributed by atoms with Crippen LogP contribution in [0.2, 0.25) is 0 Å². The molecule has 0 radical (unpaired) electrons. The van der Waals surface area contributed by atoms with Crippen molar-refractivity contribution in [1.82, 2.24) is 9.55 Å². The summed E-state index contributed by atoms with van der Waals surface area (Å²) in [6.07, 6.45) is -4.82. The first-order valence-electron chi connectivity index (χ1n) is 5.72. The van der Waals surface area contributed by atoms with Gasteiger partial charge in [-0.15, -0.1) is 0 Å². The molecule has 23 heavy (non-hydrogen) atoms. The van der Waals surface area contributed by atoms with Crippen molar-refractivity contribution in [1.29, 1.82) is 0 Å². The van der Waals surface area contributed by atoms with E-state index in [9.17, 15) is 24.3 Å². The number of aromatic nitrogens is 2. The molecule has 0 spiro atoms. The molecule has 0 aliphatic carbocycles. The van der Waals surface area contributed by atoms with Gasteiger partial charge < -0.3 is 39.6 Å². The second kappa shape index (κ2) is 8.81. The fourth-order valence-electron chi connectivity index (χ4n) is 2.00. The summed E-state index contributed by atoms with van der Waals surface area (Å²) >= 11 is 0. The van der Waals surface area contributed by atoms with Gasteiger partial charge in [0.05, 0.1) is 14.4 Å². The number of aliphatic hydroxyl groups is 2. The van der Waals surface area contributed by atoms with E-state index in [-0.39, 0.29) is 43.5 Å². The number of nitrogen functional groups attached to an aromatic ring is 1. The van der Waals surface area contributed by atoms with Crippen LogP contribution in [0.15, 0.2) is 17.1 Å². The largest absolute Gasteiger partial charge is 1.00 e. The summed E-state index contributed by atoms with van der Waals surface area (Å²) in [6.45, 7) is -0.727. The van der Waals surface area contributed by atoms with Crippen LogP contribution in [0.1, 0.15) is 6.23 Å². The summed E-state index contributed by atoms with van der Waals surface area (Å²) in [5.74, 6) is -0.0566. The molecule has 1 fully saturated rings. The predicted octanol–water partition coefficient (Wildman–Crippen LogP) is -9.70. The van der Waals surface area contributed by atoms with E-state index in [1.165, 1.54) is 12.3 Å². The molecule has 4 N–H and O–H groups in total. The Morgan fingerprint density at radius 3 is 2.57 bits per heavy atom. The van der Waals surface area contributed by atoms with E-state index in [1.807, 2.05) is 0 Å². The Balaban J connectivity index is 0.00000242. The zero-order valence-corrected chi connectivity index (χ0v) is 13.3. The zero-order valence-electron chi connectivity index (χ0n) is 12.4. The molecule has 2 heterocycles. The summed E-state index contributed by atoms with van der Waals surface area (Å²) in [4.78, 5) is 36.4. The Labute approximate surface area is 154 Å². The average Bonchev–Trinajstić information content (AvgIpc) is 2.65. The van der Waals surface area contributed by atoms with E-state index in [2.05, 4.69) is 9.51 Å². The van der Waals surface area contributed by atoms with Crippen molar-refractivity contribution in [3.63, 3.8) is 0 Å². The van der Waals surface area contributed by atoms with E-state index < -0.39 is 44.7 Å². The van der Waals surface area contributed by atoms with Crippen LogP contribution in [0.4, 0.5) is 5.82 Å². The quantitative estimate of drug-likeness (QED) is 0.353. The number of phosphoric acid groups is 1. The molecular weight excluding hydrogens is 323 g/mol. The summed E-state index contributed by atoms with van der Waals surface area (Å²) in [5, 5.41) is 19.1. The number of hydrogen-bond acceptors (Lipinski definition) is 10. The SMILES string of the molecule is Nc1ccn(C2OC(CO)C(OP(=O)([O-])[O-])C2O)c(=O)n1.[Li+].[Li+]. The Morgan fingerprint density at radius 1 is 1.48 bits per heavy atom. The van der Waals surface area contributed by atoms with Gasteiger partial charge in [0.1, 0.15) is 24.1 Å². The molecule has 1 saturated heterocycles. The van der Waals surface area contributed by atoms with Gasteiger partial charge in [-0.1, -0.05) is 0 Å². The standard InChI is InChI=1S/C9H14N3O8P.2Li/c10-5-1-2-12(9(15)11-5)8-6(14)7(4(3-13)19-8)20-21(16,17)18;;/h1-2,4,6-8,13-14H,3H2,(H2,10,11,15)(H2,16,17,18);;/q;2*+1/p-2. The van der Waals surface area contributed by atoms with E-state index >= 15 is 0 Å². The maximum Gasteiger partial charge on any atom is 1.00 e. The smallest absolute Gasteiger partial charge is 0.790 e. The van der Waals surface area contributed by atoms with Crippen LogP contribution < -0.4 is 58.9 Å². The van der Waals surface area contributed by atoms with E-state index in [4.69, 9.17) is 15.6 Å². The molecule has 0 aromatic carbocycles. The number of nitrogens with two attached hydrogens (primary N) is 1. The third-order valence-electron chi connectivity index (χ3n) is 2.87. The number of anilines is 1. The first kappa shape index (κ1) is 22.9. The zero-order chi connectivity index (χ0) is 15.8. The minimum Gasteiger partial charge on any atom is -0.790 e. The average molecular weight is 335 g/mol. The summed E-state index contributed by atoms with van der Waals surface area (Å²) in [7, 11) is -5.41. The molecule has 4 unspecified atom stereocenters.